The Morgan fingerprint density at radius 2 is 1.64 bits per heavy atom. The Labute approximate surface area is 143 Å². The summed E-state index contributed by atoms with van der Waals surface area (Å²) in [6.45, 7) is 3.14. The lowest BCUT2D eigenvalue weighted by Gasteiger charge is -2.10. The predicted octanol–water partition coefficient (Wildman–Crippen LogP) is -0.203. The molecule has 0 bridgehead atoms. The number of sulfone groups is 1. The SMILES string of the molecule is Cc1nc(C)nc(NC(=O)NS(=O)(=O)c2cccnc2S(C)(=O)=O)n1. The van der Waals surface area contributed by atoms with Gasteiger partial charge in [-0.3, -0.25) is 5.32 Å². The van der Waals surface area contributed by atoms with Crippen LogP contribution in [0.5, 0.6) is 0 Å². The highest BCUT2D eigenvalue weighted by Gasteiger charge is 2.27. The first kappa shape index (κ1) is 18.7. The molecule has 25 heavy (non-hydrogen) atoms. The Kier molecular flexibility index (Phi) is 4.99. The number of hydrogen-bond donors (Lipinski definition) is 2. The van der Waals surface area contributed by atoms with E-state index in [2.05, 4.69) is 25.3 Å². The number of aromatic nitrogens is 4. The highest BCUT2D eigenvalue weighted by Crippen LogP contribution is 2.17. The molecular formula is C12H14N6O5S2. The Morgan fingerprint density at radius 1 is 1.04 bits per heavy atom. The van der Waals surface area contributed by atoms with Crippen molar-refractivity contribution in [3.05, 3.63) is 30.0 Å². The lowest BCUT2D eigenvalue weighted by Crippen LogP contribution is -2.35. The van der Waals surface area contributed by atoms with Crippen LogP contribution in [0.3, 0.4) is 0 Å². The Hall–Kier alpha value is -2.67. The molecule has 134 valence electrons. The Morgan fingerprint density at radius 3 is 2.20 bits per heavy atom. The minimum atomic E-state index is -4.49. The fraction of sp³-hybridized carbons (Fsp3) is 0.250. The third kappa shape index (κ3) is 4.67. The van der Waals surface area contributed by atoms with Gasteiger partial charge in [0.1, 0.15) is 16.5 Å². The van der Waals surface area contributed by atoms with E-state index in [0.717, 1.165) is 18.5 Å². The zero-order chi connectivity index (χ0) is 18.8. The summed E-state index contributed by atoms with van der Waals surface area (Å²) in [5.74, 6) is 0.516. The number of anilines is 1. The molecule has 0 atom stereocenters. The molecule has 0 unspecified atom stereocenters. The first-order valence-electron chi connectivity index (χ1n) is 6.67. The quantitative estimate of drug-likeness (QED) is 0.724. The molecule has 2 N–H and O–H groups in total. The van der Waals surface area contributed by atoms with Crippen LogP contribution in [0.4, 0.5) is 10.7 Å². The summed E-state index contributed by atoms with van der Waals surface area (Å²) in [5, 5.41) is 1.48. The van der Waals surface area contributed by atoms with Gasteiger partial charge >= 0.3 is 6.03 Å². The maximum absolute atomic E-state index is 12.3. The lowest BCUT2D eigenvalue weighted by molar-refractivity contribution is 0.256. The summed E-state index contributed by atoms with van der Waals surface area (Å²) in [6, 6.07) is 1.10. The van der Waals surface area contributed by atoms with Gasteiger partial charge in [0.2, 0.25) is 5.95 Å². The zero-order valence-corrected chi connectivity index (χ0v) is 15.0. The van der Waals surface area contributed by atoms with Crippen molar-refractivity contribution >= 4 is 31.8 Å². The summed E-state index contributed by atoms with van der Waals surface area (Å²) >= 11 is 0. The maximum atomic E-state index is 12.3. The zero-order valence-electron chi connectivity index (χ0n) is 13.4. The van der Waals surface area contributed by atoms with E-state index in [1.54, 1.807) is 18.6 Å². The molecule has 2 heterocycles. The summed E-state index contributed by atoms with van der Waals surface area (Å²) < 4.78 is 49.6. The number of rotatable bonds is 4. The van der Waals surface area contributed by atoms with Crippen LogP contribution in [0.15, 0.2) is 28.3 Å². The van der Waals surface area contributed by atoms with Crippen LogP contribution < -0.4 is 10.0 Å². The number of sulfonamides is 1. The molecule has 0 radical (unpaired) electrons. The van der Waals surface area contributed by atoms with E-state index in [9.17, 15) is 21.6 Å². The summed E-state index contributed by atoms with van der Waals surface area (Å²) in [7, 11) is -8.41. The van der Waals surface area contributed by atoms with Gasteiger partial charge in [-0.2, -0.15) is 9.97 Å². The molecule has 0 aliphatic rings. The number of amides is 2. The molecule has 2 aromatic heterocycles. The van der Waals surface area contributed by atoms with Gasteiger partial charge in [0.25, 0.3) is 10.0 Å². The smallest absolute Gasteiger partial charge is 0.275 e. The van der Waals surface area contributed by atoms with E-state index in [1.165, 1.54) is 6.07 Å². The number of hydrogen-bond acceptors (Lipinski definition) is 9. The number of nitrogens with one attached hydrogen (secondary N) is 2. The normalized spacial score (nSPS) is 11.8. The summed E-state index contributed by atoms with van der Waals surface area (Å²) in [6.07, 6.45) is 1.94. The second-order valence-electron chi connectivity index (χ2n) is 4.89. The second-order valence-corrected chi connectivity index (χ2v) is 8.47. The molecule has 13 heteroatoms. The van der Waals surface area contributed by atoms with Gasteiger partial charge in [-0.05, 0) is 26.0 Å². The lowest BCUT2D eigenvalue weighted by atomic mass is 10.5. The van der Waals surface area contributed by atoms with Gasteiger partial charge in [0, 0.05) is 12.5 Å². The molecule has 2 rings (SSSR count). The van der Waals surface area contributed by atoms with Crippen molar-refractivity contribution in [1.82, 2.24) is 24.7 Å². The van der Waals surface area contributed by atoms with E-state index < -0.39 is 35.8 Å². The summed E-state index contributed by atoms with van der Waals surface area (Å²) in [4.78, 5) is 26.4. The third-order valence-corrected chi connectivity index (χ3v) is 5.21. The molecule has 0 spiro atoms. The molecule has 0 aliphatic heterocycles. The van der Waals surface area contributed by atoms with Crippen molar-refractivity contribution in [1.29, 1.82) is 0 Å². The van der Waals surface area contributed by atoms with E-state index in [4.69, 9.17) is 0 Å². The minimum Gasteiger partial charge on any atom is -0.275 e. The molecule has 0 aliphatic carbocycles. The maximum Gasteiger partial charge on any atom is 0.335 e. The van der Waals surface area contributed by atoms with Gasteiger partial charge in [-0.25, -0.2) is 36.3 Å². The monoisotopic (exact) mass is 386 g/mol. The van der Waals surface area contributed by atoms with Crippen LogP contribution in [0.1, 0.15) is 11.6 Å². The third-order valence-electron chi connectivity index (χ3n) is 2.69. The average Bonchev–Trinajstić information content (AvgIpc) is 2.44. The van der Waals surface area contributed by atoms with Gasteiger partial charge in [0.15, 0.2) is 14.9 Å². The fourth-order valence-corrected chi connectivity index (χ4v) is 4.25. The van der Waals surface area contributed by atoms with E-state index in [-0.39, 0.29) is 5.95 Å². The van der Waals surface area contributed by atoms with Crippen molar-refractivity contribution in [2.24, 2.45) is 0 Å². The molecule has 0 saturated heterocycles. The predicted molar refractivity (Wildman–Crippen MR) is 86.0 cm³/mol. The molecule has 0 fully saturated rings. The van der Waals surface area contributed by atoms with Crippen LogP contribution >= 0.6 is 0 Å². The van der Waals surface area contributed by atoms with Crippen LogP contribution in [0.2, 0.25) is 0 Å². The average molecular weight is 386 g/mol. The van der Waals surface area contributed by atoms with Crippen molar-refractivity contribution in [3.63, 3.8) is 0 Å². The number of aryl methyl sites for hydroxylation is 2. The largest absolute Gasteiger partial charge is 0.335 e. The highest BCUT2D eigenvalue weighted by molar-refractivity contribution is 7.93. The topological polar surface area (TPSA) is 161 Å². The molecule has 2 amide bonds. The minimum absolute atomic E-state index is 0.146. The number of urea groups is 1. The van der Waals surface area contributed by atoms with E-state index in [1.807, 2.05) is 0 Å². The van der Waals surface area contributed by atoms with Crippen molar-refractivity contribution in [2.45, 2.75) is 23.8 Å². The molecule has 0 aromatic carbocycles. The van der Waals surface area contributed by atoms with Crippen molar-refractivity contribution < 1.29 is 21.6 Å². The van der Waals surface area contributed by atoms with Crippen LogP contribution in [-0.2, 0) is 19.9 Å². The van der Waals surface area contributed by atoms with E-state index >= 15 is 0 Å². The highest BCUT2D eigenvalue weighted by atomic mass is 32.2. The molecule has 11 nitrogen and oxygen atoms in total. The van der Waals surface area contributed by atoms with Crippen LogP contribution in [0, 0.1) is 13.8 Å². The van der Waals surface area contributed by atoms with Gasteiger partial charge in [-0.1, -0.05) is 0 Å². The van der Waals surface area contributed by atoms with Crippen molar-refractivity contribution in [2.75, 3.05) is 11.6 Å². The fourth-order valence-electron chi connectivity index (χ4n) is 1.83. The van der Waals surface area contributed by atoms with Crippen molar-refractivity contribution in [3.8, 4) is 0 Å². The van der Waals surface area contributed by atoms with Gasteiger partial charge in [-0.15, -0.1) is 0 Å². The number of nitrogens with zero attached hydrogens (tertiary/aromatic N) is 4. The number of pyridine rings is 1. The number of carbonyl (C=O) groups is 1. The summed E-state index contributed by atoms with van der Waals surface area (Å²) in [5.41, 5.74) is 0. The standard InChI is InChI=1S/C12H14N6O5S2/c1-7-14-8(2)16-11(15-7)17-12(19)18-25(22,23)9-5-4-6-13-10(9)24(3,20)21/h4-6H,1-3H3,(H2,14,15,16,17,18,19). The van der Waals surface area contributed by atoms with Gasteiger partial charge < -0.3 is 0 Å². The molecule has 2 aromatic rings. The first-order chi connectivity index (χ1) is 11.5. The van der Waals surface area contributed by atoms with Crippen LogP contribution in [0.25, 0.3) is 0 Å². The Balaban J connectivity index is 2.29. The first-order valence-corrected chi connectivity index (χ1v) is 10.0. The number of carbonyl (C=O) groups excluding carboxylic acids is 1. The molecule has 0 saturated carbocycles. The molecular weight excluding hydrogens is 372 g/mol. The van der Waals surface area contributed by atoms with Gasteiger partial charge in [0.05, 0.1) is 0 Å². The van der Waals surface area contributed by atoms with Crippen LogP contribution in [-0.4, -0.2) is 49.1 Å². The second kappa shape index (κ2) is 6.68. The van der Waals surface area contributed by atoms with E-state index in [0.29, 0.717) is 11.6 Å². The Bertz CT molecular complexity index is 1020.